The molecule has 12 heteroatoms. The third-order valence-corrected chi connectivity index (χ3v) is 8.73. The molecular weight excluding hydrogens is 564 g/mol. The van der Waals surface area contributed by atoms with Gasteiger partial charge in [-0.05, 0) is 22.3 Å². The minimum absolute atomic E-state index is 0.0149. The molecule has 0 aliphatic carbocycles. The van der Waals surface area contributed by atoms with Gasteiger partial charge in [-0.3, -0.25) is 29.4 Å². The molecule has 12 nitrogen and oxygen atoms in total. The number of benzene rings is 2. The van der Waals surface area contributed by atoms with E-state index in [2.05, 4.69) is 34.3 Å². The number of hydrazine groups is 2. The van der Waals surface area contributed by atoms with Gasteiger partial charge in [-0.15, -0.1) is 0 Å². The quantitative estimate of drug-likeness (QED) is 0.529. The smallest absolute Gasteiger partial charge is 0.413 e. The number of amides is 4. The van der Waals surface area contributed by atoms with Gasteiger partial charge in [0.25, 0.3) is 0 Å². The first-order chi connectivity index (χ1) is 21.5. The minimum atomic E-state index is -0.312. The summed E-state index contributed by atoms with van der Waals surface area (Å²) < 4.78 is 9.96. The summed E-state index contributed by atoms with van der Waals surface area (Å²) in [6.07, 6.45) is 4.21. The van der Waals surface area contributed by atoms with Crippen LogP contribution in [0.1, 0.15) is 36.1 Å². The van der Waals surface area contributed by atoms with Gasteiger partial charge in [0, 0.05) is 38.3 Å². The standard InChI is InChI=1S/2C16H17N3O3/c2*20-14-6-7-18-15(12-4-2-1-3-5-12)13(11-19(14)18)10-17-8-9-22-16(17)21/h2*1-5,10,15H,6-9,11H2/b2*13-10-/t2*15-/m11/s1. The Morgan fingerprint density at radius 3 is 1.34 bits per heavy atom. The topological polar surface area (TPSA) is 106 Å². The monoisotopic (exact) mass is 598 g/mol. The van der Waals surface area contributed by atoms with Crippen molar-refractivity contribution >= 4 is 24.0 Å². The fraction of sp³-hybridized carbons (Fsp3) is 0.375. The molecule has 0 unspecified atom stereocenters. The van der Waals surface area contributed by atoms with E-state index in [9.17, 15) is 19.2 Å². The van der Waals surface area contributed by atoms with Crippen molar-refractivity contribution in [2.45, 2.75) is 24.9 Å². The fourth-order valence-electron chi connectivity index (χ4n) is 6.71. The molecule has 2 aromatic rings. The molecule has 6 fully saturated rings. The molecular formula is C32H34N6O6. The Morgan fingerprint density at radius 1 is 0.568 bits per heavy atom. The van der Waals surface area contributed by atoms with E-state index in [1.165, 1.54) is 0 Å². The van der Waals surface area contributed by atoms with Gasteiger partial charge in [0.1, 0.15) is 13.2 Å². The second-order valence-corrected chi connectivity index (χ2v) is 11.4. The molecule has 0 saturated carbocycles. The summed E-state index contributed by atoms with van der Waals surface area (Å²) in [5.41, 5.74) is 4.38. The summed E-state index contributed by atoms with van der Waals surface area (Å²) in [4.78, 5) is 50.6. The molecule has 0 N–H and O–H groups in total. The predicted molar refractivity (Wildman–Crippen MR) is 157 cm³/mol. The van der Waals surface area contributed by atoms with E-state index in [1.54, 1.807) is 19.8 Å². The molecule has 6 heterocycles. The molecule has 0 radical (unpaired) electrons. The summed E-state index contributed by atoms with van der Waals surface area (Å²) >= 11 is 0. The third kappa shape index (κ3) is 5.20. The van der Waals surface area contributed by atoms with Crippen molar-refractivity contribution in [3.8, 4) is 0 Å². The maximum absolute atomic E-state index is 12.0. The van der Waals surface area contributed by atoms with Crippen LogP contribution in [0.3, 0.4) is 0 Å². The number of rotatable bonds is 4. The Balaban J connectivity index is 0.000000142. The van der Waals surface area contributed by atoms with Crippen molar-refractivity contribution in [2.24, 2.45) is 0 Å². The van der Waals surface area contributed by atoms with Crippen LogP contribution in [0.25, 0.3) is 0 Å². The van der Waals surface area contributed by atoms with Crippen molar-refractivity contribution < 1.29 is 28.7 Å². The molecule has 6 saturated heterocycles. The highest BCUT2D eigenvalue weighted by Gasteiger charge is 2.45. The largest absolute Gasteiger partial charge is 0.447 e. The molecule has 8 rings (SSSR count). The molecule has 0 bridgehead atoms. The summed E-state index contributed by atoms with van der Waals surface area (Å²) in [5.74, 6) is 0.293. The molecule has 4 amide bonds. The van der Waals surface area contributed by atoms with Crippen molar-refractivity contribution in [3.63, 3.8) is 0 Å². The van der Waals surface area contributed by atoms with Gasteiger partial charge < -0.3 is 9.47 Å². The van der Waals surface area contributed by atoms with Crippen LogP contribution in [0, 0.1) is 0 Å². The molecule has 44 heavy (non-hydrogen) atoms. The minimum Gasteiger partial charge on any atom is -0.447 e. The average molecular weight is 599 g/mol. The van der Waals surface area contributed by atoms with Crippen LogP contribution in [0.5, 0.6) is 0 Å². The number of carbonyl (C=O) groups is 4. The summed E-state index contributed by atoms with van der Waals surface area (Å²) in [6.45, 7) is 4.51. The molecule has 2 atom stereocenters. The Labute approximate surface area is 255 Å². The SMILES string of the molecule is O=C1OCCN1/C=C1/CN2C(=O)CCN2[C@@H]1c1ccccc1.O=C1OCCN1/C=C1/CN2C(=O)CCN2[C@@H]1c1ccccc1. The Morgan fingerprint density at radius 2 is 0.977 bits per heavy atom. The zero-order valence-electron chi connectivity index (χ0n) is 24.3. The van der Waals surface area contributed by atoms with Crippen LogP contribution in [0.15, 0.2) is 84.2 Å². The van der Waals surface area contributed by atoms with Crippen LogP contribution in [0.4, 0.5) is 9.59 Å². The van der Waals surface area contributed by atoms with Crippen LogP contribution in [-0.2, 0) is 19.1 Å². The summed E-state index contributed by atoms with van der Waals surface area (Å²) in [6, 6.07) is 20.2. The zero-order valence-corrected chi connectivity index (χ0v) is 24.3. The third-order valence-electron chi connectivity index (χ3n) is 8.73. The first kappa shape index (κ1) is 28.1. The van der Waals surface area contributed by atoms with Crippen molar-refractivity contribution in [3.05, 3.63) is 95.3 Å². The highest BCUT2D eigenvalue weighted by atomic mass is 16.6. The van der Waals surface area contributed by atoms with Gasteiger partial charge in [-0.2, -0.15) is 0 Å². The molecule has 0 spiro atoms. The van der Waals surface area contributed by atoms with Crippen LogP contribution in [0.2, 0.25) is 0 Å². The lowest BCUT2D eigenvalue weighted by atomic mass is 10.00. The van der Waals surface area contributed by atoms with Gasteiger partial charge in [0.15, 0.2) is 0 Å². The van der Waals surface area contributed by atoms with E-state index >= 15 is 0 Å². The first-order valence-corrected chi connectivity index (χ1v) is 15.0. The van der Waals surface area contributed by atoms with E-state index < -0.39 is 0 Å². The fourth-order valence-corrected chi connectivity index (χ4v) is 6.71. The molecule has 0 aromatic heterocycles. The molecule has 6 aliphatic heterocycles. The van der Waals surface area contributed by atoms with Gasteiger partial charge in [0.2, 0.25) is 11.8 Å². The lowest BCUT2D eigenvalue weighted by molar-refractivity contribution is -0.136. The van der Waals surface area contributed by atoms with Crippen molar-refractivity contribution in [1.82, 2.24) is 29.8 Å². The molecule has 2 aromatic carbocycles. The normalized spacial score (nSPS) is 26.9. The predicted octanol–water partition coefficient (Wildman–Crippen LogP) is 3.05. The Bertz CT molecular complexity index is 1400. The molecule has 228 valence electrons. The van der Waals surface area contributed by atoms with E-state index in [4.69, 9.17) is 9.47 Å². The van der Waals surface area contributed by atoms with Gasteiger partial charge in [0.05, 0.1) is 38.3 Å². The zero-order chi connectivity index (χ0) is 30.2. The van der Waals surface area contributed by atoms with E-state index in [0.717, 1.165) is 35.4 Å². The highest BCUT2D eigenvalue weighted by molar-refractivity contribution is 5.79. The second kappa shape index (κ2) is 11.8. The number of nitrogens with zero attached hydrogens (tertiary/aromatic N) is 6. The number of carbonyl (C=O) groups excluding carboxylic acids is 4. The summed E-state index contributed by atoms with van der Waals surface area (Å²) in [7, 11) is 0. The van der Waals surface area contributed by atoms with Gasteiger partial charge in [-0.25, -0.2) is 19.6 Å². The Hall–Kier alpha value is -4.68. The van der Waals surface area contributed by atoms with E-state index in [1.807, 2.05) is 48.8 Å². The van der Waals surface area contributed by atoms with Crippen molar-refractivity contribution in [1.29, 1.82) is 0 Å². The average Bonchev–Trinajstić information content (AvgIpc) is 3.89. The van der Waals surface area contributed by atoms with Gasteiger partial charge in [-0.1, -0.05) is 60.7 Å². The van der Waals surface area contributed by atoms with Crippen LogP contribution < -0.4 is 0 Å². The number of hydrogen-bond donors (Lipinski definition) is 0. The number of ether oxygens (including phenoxy) is 2. The van der Waals surface area contributed by atoms with Crippen molar-refractivity contribution in [2.75, 3.05) is 52.5 Å². The lowest BCUT2D eigenvalue weighted by Gasteiger charge is -2.25. The van der Waals surface area contributed by atoms with E-state index in [0.29, 0.717) is 52.2 Å². The first-order valence-electron chi connectivity index (χ1n) is 15.0. The van der Waals surface area contributed by atoms with Gasteiger partial charge >= 0.3 is 12.2 Å². The molecule has 6 aliphatic rings. The maximum Gasteiger partial charge on any atom is 0.413 e. The second-order valence-electron chi connectivity index (χ2n) is 11.4. The highest BCUT2D eigenvalue weighted by Crippen LogP contribution is 2.41. The number of fused-ring (bicyclic) bond motifs is 2. The van der Waals surface area contributed by atoms with E-state index in [-0.39, 0.29) is 36.1 Å². The maximum atomic E-state index is 12.0. The lowest BCUT2D eigenvalue weighted by Crippen LogP contribution is -2.33. The number of cyclic esters (lactones) is 2. The Kier molecular flexibility index (Phi) is 7.52. The van der Waals surface area contributed by atoms with Crippen LogP contribution in [-0.4, -0.2) is 106 Å². The van der Waals surface area contributed by atoms with Crippen LogP contribution >= 0.6 is 0 Å². The summed E-state index contributed by atoms with van der Waals surface area (Å²) in [5, 5.41) is 7.80. The number of hydrogen-bond acceptors (Lipinski definition) is 8.